The zero-order valence-corrected chi connectivity index (χ0v) is 15.7. The smallest absolute Gasteiger partial charge is 0.287 e. The second-order valence-corrected chi connectivity index (χ2v) is 6.97. The normalized spacial score (nSPS) is 11.2. The highest BCUT2D eigenvalue weighted by Gasteiger charge is 2.11. The molecule has 6 heteroatoms. The number of hydrogen-bond donors (Lipinski definition) is 2. The Morgan fingerprint density at radius 3 is 2.62 bits per heavy atom. The summed E-state index contributed by atoms with van der Waals surface area (Å²) in [4.78, 5) is 24.3. The first-order valence-electron chi connectivity index (χ1n) is 9.47. The van der Waals surface area contributed by atoms with E-state index in [2.05, 4.69) is 43.0 Å². The van der Waals surface area contributed by atoms with E-state index in [4.69, 9.17) is 0 Å². The summed E-state index contributed by atoms with van der Waals surface area (Å²) in [6.07, 6.45) is 1.86. The molecule has 0 aliphatic rings. The molecule has 0 fully saturated rings. The Labute approximate surface area is 167 Å². The topological polar surface area (TPSA) is 75.6 Å². The van der Waals surface area contributed by atoms with Crippen LogP contribution >= 0.6 is 0 Å². The van der Waals surface area contributed by atoms with E-state index in [-0.39, 0.29) is 5.91 Å². The van der Waals surface area contributed by atoms with Crippen molar-refractivity contribution in [2.24, 2.45) is 0 Å². The van der Waals surface area contributed by atoms with Crippen LogP contribution in [0, 0.1) is 0 Å². The van der Waals surface area contributed by atoms with Gasteiger partial charge in [-0.1, -0.05) is 48.5 Å². The number of amides is 1. The summed E-state index contributed by atoms with van der Waals surface area (Å²) in [6.45, 7) is 1.17. The number of nitrogens with one attached hydrogen (secondary N) is 2. The predicted octanol–water partition coefficient (Wildman–Crippen LogP) is 3.89. The fourth-order valence-corrected chi connectivity index (χ4v) is 3.50. The number of carbonyl (C=O) groups excluding carboxylic acids is 1. The molecule has 5 aromatic rings. The third-order valence-electron chi connectivity index (χ3n) is 4.93. The molecular formula is C23H19N5O. The van der Waals surface area contributed by atoms with Gasteiger partial charge < -0.3 is 14.9 Å². The van der Waals surface area contributed by atoms with Gasteiger partial charge in [-0.15, -0.1) is 0 Å². The Hall–Kier alpha value is -3.93. The summed E-state index contributed by atoms with van der Waals surface area (Å²) >= 11 is 0. The van der Waals surface area contributed by atoms with Crippen LogP contribution in [0.4, 0.5) is 0 Å². The van der Waals surface area contributed by atoms with Crippen molar-refractivity contribution in [1.29, 1.82) is 0 Å². The van der Waals surface area contributed by atoms with E-state index in [1.165, 1.54) is 0 Å². The highest BCUT2D eigenvalue weighted by atomic mass is 16.2. The van der Waals surface area contributed by atoms with Crippen LogP contribution in [0.5, 0.6) is 0 Å². The summed E-state index contributed by atoms with van der Waals surface area (Å²) < 4.78 is 2.13. The Balaban J connectivity index is 1.29. The number of benzene rings is 3. The van der Waals surface area contributed by atoms with Crippen LogP contribution < -0.4 is 5.32 Å². The molecular weight excluding hydrogens is 362 g/mol. The predicted molar refractivity (Wildman–Crippen MR) is 113 cm³/mol. The van der Waals surface area contributed by atoms with Crippen LogP contribution in [0.15, 0.2) is 79.1 Å². The number of H-pyrrole nitrogens is 1. The molecule has 0 aliphatic heterocycles. The van der Waals surface area contributed by atoms with Crippen LogP contribution in [0.25, 0.3) is 22.1 Å². The van der Waals surface area contributed by atoms with Gasteiger partial charge in [0.2, 0.25) is 0 Å². The maximum atomic E-state index is 12.5. The van der Waals surface area contributed by atoms with E-state index in [9.17, 15) is 4.79 Å². The lowest BCUT2D eigenvalue weighted by atomic mass is 10.1. The number of nitrogens with zero attached hydrogens (tertiary/aromatic N) is 3. The van der Waals surface area contributed by atoms with E-state index in [0.717, 1.165) is 39.7 Å². The zero-order chi connectivity index (χ0) is 19.6. The minimum Gasteiger partial charge on any atom is -0.345 e. The van der Waals surface area contributed by atoms with Crippen molar-refractivity contribution in [1.82, 2.24) is 24.8 Å². The third kappa shape index (κ3) is 3.48. The van der Waals surface area contributed by atoms with Crippen molar-refractivity contribution < 1.29 is 4.79 Å². The number of para-hydroxylation sites is 4. The van der Waals surface area contributed by atoms with Gasteiger partial charge in [0, 0.05) is 13.1 Å². The van der Waals surface area contributed by atoms with Crippen LogP contribution in [0.3, 0.4) is 0 Å². The lowest BCUT2D eigenvalue weighted by Gasteiger charge is -2.08. The highest BCUT2D eigenvalue weighted by molar-refractivity contribution is 5.94. The first-order valence-corrected chi connectivity index (χ1v) is 9.47. The van der Waals surface area contributed by atoms with E-state index in [1.54, 1.807) is 0 Å². The van der Waals surface area contributed by atoms with Gasteiger partial charge in [0.1, 0.15) is 0 Å². The summed E-state index contributed by atoms with van der Waals surface area (Å²) in [5, 5.41) is 2.94. The molecule has 0 spiro atoms. The third-order valence-corrected chi connectivity index (χ3v) is 4.93. The number of fused-ring (bicyclic) bond motifs is 2. The average molecular weight is 381 g/mol. The van der Waals surface area contributed by atoms with Crippen molar-refractivity contribution in [3.05, 3.63) is 96.1 Å². The quantitative estimate of drug-likeness (QED) is 0.485. The van der Waals surface area contributed by atoms with Gasteiger partial charge in [-0.25, -0.2) is 9.97 Å². The number of rotatable bonds is 5. The Morgan fingerprint density at radius 1 is 0.931 bits per heavy atom. The molecule has 2 aromatic heterocycles. The van der Waals surface area contributed by atoms with Crippen LogP contribution in [-0.4, -0.2) is 25.4 Å². The average Bonchev–Trinajstić information content (AvgIpc) is 3.37. The molecule has 0 aliphatic carbocycles. The number of carbonyl (C=O) groups is 1. The number of imidazole rings is 2. The lowest BCUT2D eigenvalue weighted by Crippen LogP contribution is -2.24. The molecule has 3 aromatic carbocycles. The number of aromatic amines is 1. The number of hydrogen-bond acceptors (Lipinski definition) is 3. The minimum atomic E-state index is -0.216. The fraction of sp³-hybridized carbons (Fsp3) is 0.0870. The minimum absolute atomic E-state index is 0.216. The molecule has 0 bridgehead atoms. The Morgan fingerprint density at radius 2 is 1.72 bits per heavy atom. The van der Waals surface area contributed by atoms with Crippen molar-refractivity contribution in [3.63, 3.8) is 0 Å². The summed E-state index contributed by atoms with van der Waals surface area (Å²) in [5.74, 6) is 0.111. The SMILES string of the molecule is O=C(NCc1cccc(Cn2cnc3ccccc32)c1)c1nc2ccccc2[nH]1. The molecule has 0 atom stereocenters. The van der Waals surface area contributed by atoms with E-state index < -0.39 is 0 Å². The standard InChI is InChI=1S/C23H19N5O/c29-23(22-26-18-8-1-2-9-19(18)27-22)24-13-16-6-5-7-17(12-16)14-28-15-25-20-10-3-4-11-21(20)28/h1-12,15H,13-14H2,(H,24,29)(H,26,27). The van der Waals surface area contributed by atoms with Gasteiger partial charge in [0.15, 0.2) is 5.82 Å². The molecule has 0 saturated heterocycles. The molecule has 5 rings (SSSR count). The fourth-order valence-electron chi connectivity index (χ4n) is 3.50. The van der Waals surface area contributed by atoms with E-state index >= 15 is 0 Å². The van der Waals surface area contributed by atoms with E-state index in [1.807, 2.05) is 60.9 Å². The van der Waals surface area contributed by atoms with Crippen LogP contribution in [0.1, 0.15) is 21.7 Å². The van der Waals surface area contributed by atoms with Crippen LogP contribution in [0.2, 0.25) is 0 Å². The first-order chi connectivity index (χ1) is 14.3. The highest BCUT2D eigenvalue weighted by Crippen LogP contribution is 2.15. The second-order valence-electron chi connectivity index (χ2n) is 6.97. The van der Waals surface area contributed by atoms with Gasteiger partial charge >= 0.3 is 0 Å². The maximum absolute atomic E-state index is 12.5. The first kappa shape index (κ1) is 17.2. The Bertz CT molecular complexity index is 1280. The molecule has 1 amide bonds. The van der Waals surface area contributed by atoms with Crippen molar-refractivity contribution in [2.75, 3.05) is 0 Å². The van der Waals surface area contributed by atoms with Gasteiger partial charge in [-0.05, 0) is 35.4 Å². The summed E-state index contributed by atoms with van der Waals surface area (Å²) in [7, 11) is 0. The molecule has 29 heavy (non-hydrogen) atoms. The van der Waals surface area contributed by atoms with Crippen molar-refractivity contribution in [2.45, 2.75) is 13.1 Å². The molecule has 142 valence electrons. The molecule has 2 N–H and O–H groups in total. The zero-order valence-electron chi connectivity index (χ0n) is 15.7. The molecule has 0 saturated carbocycles. The van der Waals surface area contributed by atoms with Gasteiger partial charge in [-0.3, -0.25) is 4.79 Å². The summed E-state index contributed by atoms with van der Waals surface area (Å²) in [5.41, 5.74) is 5.93. The van der Waals surface area contributed by atoms with Gasteiger partial charge in [-0.2, -0.15) is 0 Å². The molecule has 0 unspecified atom stereocenters. The number of aromatic nitrogens is 4. The maximum Gasteiger partial charge on any atom is 0.287 e. The molecule has 0 radical (unpaired) electrons. The second kappa shape index (κ2) is 7.24. The van der Waals surface area contributed by atoms with Gasteiger partial charge in [0.05, 0.1) is 28.4 Å². The lowest BCUT2D eigenvalue weighted by molar-refractivity contribution is 0.0942. The Kier molecular flexibility index (Phi) is 4.29. The van der Waals surface area contributed by atoms with Crippen molar-refractivity contribution in [3.8, 4) is 0 Å². The summed E-state index contributed by atoms with van der Waals surface area (Å²) in [6, 6.07) is 23.9. The van der Waals surface area contributed by atoms with Gasteiger partial charge in [0.25, 0.3) is 5.91 Å². The largest absolute Gasteiger partial charge is 0.345 e. The van der Waals surface area contributed by atoms with Crippen molar-refractivity contribution >= 4 is 28.0 Å². The molecule has 2 heterocycles. The van der Waals surface area contributed by atoms with E-state index in [0.29, 0.717) is 12.4 Å². The monoisotopic (exact) mass is 381 g/mol. The molecule has 6 nitrogen and oxygen atoms in total. The van der Waals surface area contributed by atoms with Crippen LogP contribution in [-0.2, 0) is 13.1 Å².